The number of rotatable bonds is 5. The molecule has 8 heteroatoms. The topological polar surface area (TPSA) is 85.2 Å². The lowest BCUT2D eigenvalue weighted by Gasteiger charge is -2.25. The van der Waals surface area contributed by atoms with E-state index in [1.165, 1.54) is 0 Å². The third-order valence-corrected chi connectivity index (χ3v) is 5.38. The highest BCUT2D eigenvalue weighted by Crippen LogP contribution is 2.35. The van der Waals surface area contributed by atoms with Crippen LogP contribution >= 0.6 is 11.6 Å². The number of nitrogens with zero attached hydrogens (tertiary/aromatic N) is 2. The molecule has 0 saturated carbocycles. The molecule has 30 heavy (non-hydrogen) atoms. The number of aryl methyl sites for hydroxylation is 1. The molecule has 154 valence electrons. The van der Waals surface area contributed by atoms with E-state index in [1.807, 2.05) is 31.2 Å². The summed E-state index contributed by atoms with van der Waals surface area (Å²) in [6.07, 6.45) is 1.77. The molecule has 2 heterocycles. The maximum absolute atomic E-state index is 13.2. The molecule has 4 rings (SSSR count). The number of methoxy groups -OCH3 is 1. The monoisotopic (exact) mass is 424 g/mol. The van der Waals surface area contributed by atoms with Crippen LogP contribution in [-0.2, 0) is 16.1 Å². The van der Waals surface area contributed by atoms with Gasteiger partial charge in [0.2, 0.25) is 11.8 Å². The number of amides is 2. The van der Waals surface area contributed by atoms with Gasteiger partial charge in [-0.05, 0) is 48.4 Å². The van der Waals surface area contributed by atoms with Gasteiger partial charge in [-0.3, -0.25) is 9.59 Å². The van der Waals surface area contributed by atoms with Crippen LogP contribution in [0.3, 0.4) is 0 Å². The van der Waals surface area contributed by atoms with Crippen LogP contribution in [-0.4, -0.2) is 28.7 Å². The fourth-order valence-corrected chi connectivity index (χ4v) is 3.65. The molecule has 2 aromatic carbocycles. The Bertz CT molecular complexity index is 1110. The van der Waals surface area contributed by atoms with Crippen molar-refractivity contribution in [2.24, 2.45) is 0 Å². The second-order valence-electron chi connectivity index (χ2n) is 7.21. The molecular weight excluding hydrogens is 404 g/mol. The zero-order chi connectivity index (χ0) is 21.3. The van der Waals surface area contributed by atoms with Gasteiger partial charge in [0.15, 0.2) is 0 Å². The van der Waals surface area contributed by atoms with Crippen molar-refractivity contribution in [3.63, 3.8) is 0 Å². The molecule has 1 aliphatic rings. The van der Waals surface area contributed by atoms with Crippen LogP contribution in [0, 0.1) is 6.92 Å². The first-order valence-electron chi connectivity index (χ1n) is 9.50. The quantitative estimate of drug-likeness (QED) is 0.649. The maximum Gasteiger partial charge on any atom is 0.233 e. The molecule has 0 saturated heterocycles. The van der Waals surface area contributed by atoms with Gasteiger partial charge in [0.1, 0.15) is 11.6 Å². The van der Waals surface area contributed by atoms with Crippen LogP contribution in [0.15, 0.2) is 48.7 Å². The number of benzene rings is 2. The summed E-state index contributed by atoms with van der Waals surface area (Å²) >= 11 is 5.96. The molecule has 1 atom stereocenters. The molecule has 2 N–H and O–H groups in total. The van der Waals surface area contributed by atoms with E-state index in [1.54, 1.807) is 36.2 Å². The standard InChI is InChI=1S/C22H21ClN4O3/c1-13-11-24-27(12-14-3-5-15(23)6-4-14)21(13)26-22(29)18-10-20(28)25-19-8-7-16(30-2)9-17(18)19/h3-9,11,18H,10,12H2,1-2H3,(H,25,28)(H,26,29). The van der Waals surface area contributed by atoms with Crippen LogP contribution in [0.4, 0.5) is 11.5 Å². The molecule has 2 amide bonds. The van der Waals surface area contributed by atoms with Crippen LogP contribution in [0.2, 0.25) is 5.02 Å². The highest BCUT2D eigenvalue weighted by Gasteiger charge is 2.32. The Morgan fingerprint density at radius 3 is 2.80 bits per heavy atom. The van der Waals surface area contributed by atoms with Crippen LogP contribution in [0.1, 0.15) is 29.0 Å². The first-order valence-corrected chi connectivity index (χ1v) is 9.88. The third-order valence-electron chi connectivity index (χ3n) is 5.12. The van der Waals surface area contributed by atoms with E-state index in [-0.39, 0.29) is 18.2 Å². The molecule has 1 unspecified atom stereocenters. The number of fused-ring (bicyclic) bond motifs is 1. The van der Waals surface area contributed by atoms with Gasteiger partial charge in [-0.2, -0.15) is 5.10 Å². The van der Waals surface area contributed by atoms with E-state index in [0.717, 1.165) is 16.7 Å². The summed E-state index contributed by atoms with van der Waals surface area (Å²) in [5.41, 5.74) is 3.19. The van der Waals surface area contributed by atoms with Gasteiger partial charge in [0, 0.05) is 22.7 Å². The third kappa shape index (κ3) is 4.02. The molecule has 0 spiro atoms. The molecule has 1 aliphatic heterocycles. The van der Waals surface area contributed by atoms with Gasteiger partial charge in [0.05, 0.1) is 25.8 Å². The van der Waals surface area contributed by atoms with Crippen LogP contribution in [0.25, 0.3) is 0 Å². The maximum atomic E-state index is 13.2. The fraction of sp³-hybridized carbons (Fsp3) is 0.227. The second kappa shape index (κ2) is 8.20. The Labute approximate surface area is 179 Å². The van der Waals surface area contributed by atoms with Gasteiger partial charge < -0.3 is 15.4 Å². The van der Waals surface area contributed by atoms with Gasteiger partial charge in [-0.15, -0.1) is 0 Å². The van der Waals surface area contributed by atoms with E-state index in [0.29, 0.717) is 28.8 Å². The van der Waals surface area contributed by atoms with Crippen molar-refractivity contribution in [2.75, 3.05) is 17.7 Å². The summed E-state index contributed by atoms with van der Waals surface area (Å²) in [7, 11) is 1.57. The second-order valence-corrected chi connectivity index (χ2v) is 7.64. The van der Waals surface area contributed by atoms with Crippen molar-refractivity contribution < 1.29 is 14.3 Å². The number of aromatic nitrogens is 2. The molecule has 0 bridgehead atoms. The molecular formula is C22H21ClN4O3. The number of anilines is 2. The number of halogens is 1. The Morgan fingerprint density at radius 2 is 2.07 bits per heavy atom. The lowest BCUT2D eigenvalue weighted by molar-refractivity contribution is -0.123. The lowest BCUT2D eigenvalue weighted by atomic mass is 9.89. The van der Waals surface area contributed by atoms with E-state index >= 15 is 0 Å². The number of hydrogen-bond acceptors (Lipinski definition) is 4. The average Bonchev–Trinajstić information content (AvgIpc) is 3.08. The Morgan fingerprint density at radius 1 is 1.30 bits per heavy atom. The normalized spacial score (nSPS) is 15.3. The van der Waals surface area contributed by atoms with Gasteiger partial charge >= 0.3 is 0 Å². The minimum Gasteiger partial charge on any atom is -0.497 e. The van der Waals surface area contributed by atoms with E-state index < -0.39 is 5.92 Å². The molecule has 0 aliphatic carbocycles. The van der Waals surface area contributed by atoms with Crippen molar-refractivity contribution in [3.8, 4) is 5.75 Å². The molecule has 0 radical (unpaired) electrons. The summed E-state index contributed by atoms with van der Waals surface area (Å²) in [4.78, 5) is 25.3. The lowest BCUT2D eigenvalue weighted by Crippen LogP contribution is -2.31. The van der Waals surface area contributed by atoms with Crippen molar-refractivity contribution >= 4 is 34.9 Å². The van der Waals surface area contributed by atoms with E-state index in [2.05, 4.69) is 15.7 Å². The number of carbonyl (C=O) groups excluding carboxylic acids is 2. The first kappa shape index (κ1) is 20.0. The van der Waals surface area contributed by atoms with Crippen molar-refractivity contribution in [1.29, 1.82) is 0 Å². The molecule has 0 fully saturated rings. The highest BCUT2D eigenvalue weighted by atomic mass is 35.5. The van der Waals surface area contributed by atoms with Crippen molar-refractivity contribution in [1.82, 2.24) is 9.78 Å². The Balaban J connectivity index is 1.60. The zero-order valence-corrected chi connectivity index (χ0v) is 17.4. The average molecular weight is 425 g/mol. The minimum absolute atomic E-state index is 0.0658. The fourth-order valence-electron chi connectivity index (χ4n) is 3.53. The predicted octanol–water partition coefficient (Wildman–Crippen LogP) is 3.97. The van der Waals surface area contributed by atoms with Gasteiger partial charge in [-0.1, -0.05) is 23.7 Å². The number of nitrogens with one attached hydrogen (secondary N) is 2. The summed E-state index contributed by atoms with van der Waals surface area (Å²) in [6, 6.07) is 12.8. The van der Waals surface area contributed by atoms with Gasteiger partial charge in [0.25, 0.3) is 0 Å². The summed E-state index contributed by atoms with van der Waals surface area (Å²) in [6.45, 7) is 2.36. The van der Waals surface area contributed by atoms with E-state index in [4.69, 9.17) is 16.3 Å². The van der Waals surface area contributed by atoms with Crippen LogP contribution in [0.5, 0.6) is 5.75 Å². The summed E-state index contributed by atoms with van der Waals surface area (Å²) in [5.74, 6) is 0.152. The number of hydrogen-bond donors (Lipinski definition) is 2. The van der Waals surface area contributed by atoms with Gasteiger partial charge in [-0.25, -0.2) is 4.68 Å². The minimum atomic E-state index is -0.623. The van der Waals surface area contributed by atoms with Crippen LogP contribution < -0.4 is 15.4 Å². The Kier molecular flexibility index (Phi) is 5.46. The van der Waals surface area contributed by atoms with E-state index in [9.17, 15) is 9.59 Å². The zero-order valence-electron chi connectivity index (χ0n) is 16.6. The molecule has 7 nitrogen and oxygen atoms in total. The molecule has 3 aromatic rings. The van der Waals surface area contributed by atoms with Crippen molar-refractivity contribution in [2.45, 2.75) is 25.8 Å². The smallest absolute Gasteiger partial charge is 0.233 e. The summed E-state index contributed by atoms with van der Waals surface area (Å²) < 4.78 is 7.01. The summed E-state index contributed by atoms with van der Waals surface area (Å²) in [5, 5.41) is 10.8. The number of ether oxygens (including phenoxy) is 1. The Hall–Kier alpha value is -3.32. The van der Waals surface area contributed by atoms with Crippen molar-refractivity contribution in [3.05, 3.63) is 70.4 Å². The first-order chi connectivity index (χ1) is 14.4. The predicted molar refractivity (Wildman–Crippen MR) is 115 cm³/mol. The number of carbonyl (C=O) groups is 2. The highest BCUT2D eigenvalue weighted by molar-refractivity contribution is 6.30. The largest absolute Gasteiger partial charge is 0.497 e. The SMILES string of the molecule is COc1ccc2c(c1)C(C(=O)Nc1c(C)cnn1Cc1ccc(Cl)cc1)CC(=O)N2. The molecule has 1 aromatic heterocycles.